The van der Waals surface area contributed by atoms with Gasteiger partial charge < -0.3 is 9.32 Å². The Morgan fingerprint density at radius 3 is 1.71 bits per heavy atom. The van der Waals surface area contributed by atoms with Gasteiger partial charge in [-0.05, 0) is 70.1 Å². The minimum atomic E-state index is 0.927. The molecule has 2 heteroatoms. The van der Waals surface area contributed by atoms with Crippen molar-refractivity contribution in [3.05, 3.63) is 140 Å². The van der Waals surface area contributed by atoms with Crippen LogP contribution in [0.2, 0.25) is 0 Å². The molecule has 8 aromatic rings. The molecular formula is C36H23NO. The highest BCUT2D eigenvalue weighted by molar-refractivity contribution is 6.28. The van der Waals surface area contributed by atoms with Gasteiger partial charge >= 0.3 is 0 Å². The normalized spacial score (nSPS) is 11.7. The van der Waals surface area contributed by atoms with Crippen LogP contribution < -0.4 is 4.90 Å². The monoisotopic (exact) mass is 485 g/mol. The highest BCUT2D eigenvalue weighted by Crippen LogP contribution is 2.42. The topological polar surface area (TPSA) is 16.4 Å². The van der Waals surface area contributed by atoms with E-state index < -0.39 is 0 Å². The first-order valence-corrected chi connectivity index (χ1v) is 12.9. The molecule has 0 bridgehead atoms. The number of anilines is 3. The van der Waals surface area contributed by atoms with E-state index in [2.05, 4.69) is 138 Å². The van der Waals surface area contributed by atoms with E-state index in [9.17, 15) is 0 Å². The van der Waals surface area contributed by atoms with Crippen LogP contribution in [0.3, 0.4) is 0 Å². The van der Waals surface area contributed by atoms with Crippen LogP contribution in [-0.2, 0) is 0 Å². The number of fused-ring (bicyclic) bond motifs is 9. The van der Waals surface area contributed by atoms with Crippen LogP contribution in [0.4, 0.5) is 17.1 Å². The summed E-state index contributed by atoms with van der Waals surface area (Å²) < 4.78 is 6.49. The molecule has 38 heavy (non-hydrogen) atoms. The van der Waals surface area contributed by atoms with Crippen molar-refractivity contribution in [1.82, 2.24) is 0 Å². The Morgan fingerprint density at radius 2 is 0.974 bits per heavy atom. The second kappa shape index (κ2) is 8.22. The number of furan rings is 1. The van der Waals surface area contributed by atoms with Crippen molar-refractivity contribution in [2.45, 2.75) is 0 Å². The molecule has 0 fully saturated rings. The molecule has 0 spiro atoms. The van der Waals surface area contributed by atoms with Crippen molar-refractivity contribution in [3.8, 4) is 0 Å². The van der Waals surface area contributed by atoms with Gasteiger partial charge in [0.2, 0.25) is 0 Å². The second-order valence-corrected chi connectivity index (χ2v) is 9.78. The standard InChI is InChI=1S/C36H23NO/c1-3-9-27(10-4-1)37(28-11-5-2-6-12-28)29-20-22-30-26(23-29)18-17-24-15-16-25-19-21-32-31-13-7-8-14-33(31)38-36(32)35(25)34(24)30/h1-23H. The van der Waals surface area contributed by atoms with Gasteiger partial charge in [0.05, 0.1) is 0 Å². The van der Waals surface area contributed by atoms with Gasteiger partial charge in [0.1, 0.15) is 11.2 Å². The van der Waals surface area contributed by atoms with Crippen molar-refractivity contribution in [3.63, 3.8) is 0 Å². The molecule has 0 N–H and O–H groups in total. The minimum absolute atomic E-state index is 0.927. The highest BCUT2D eigenvalue weighted by Gasteiger charge is 2.16. The summed E-state index contributed by atoms with van der Waals surface area (Å²) in [6.07, 6.45) is 0. The van der Waals surface area contributed by atoms with E-state index in [0.29, 0.717) is 0 Å². The highest BCUT2D eigenvalue weighted by atomic mass is 16.3. The molecule has 0 aliphatic rings. The molecule has 7 aromatic carbocycles. The smallest absolute Gasteiger partial charge is 0.143 e. The molecule has 0 saturated carbocycles. The van der Waals surface area contributed by atoms with E-state index in [1.807, 2.05) is 6.07 Å². The van der Waals surface area contributed by atoms with E-state index in [1.165, 1.54) is 32.3 Å². The number of nitrogens with zero attached hydrogens (tertiary/aromatic N) is 1. The maximum absolute atomic E-state index is 6.49. The molecular weight excluding hydrogens is 462 g/mol. The number of hydrogen-bond acceptors (Lipinski definition) is 2. The van der Waals surface area contributed by atoms with Gasteiger partial charge in [0.25, 0.3) is 0 Å². The average Bonchev–Trinajstić information content (AvgIpc) is 3.37. The fraction of sp³-hybridized carbons (Fsp3) is 0. The number of benzene rings is 7. The van der Waals surface area contributed by atoms with Gasteiger partial charge in [-0.25, -0.2) is 0 Å². The number of para-hydroxylation sites is 3. The summed E-state index contributed by atoms with van der Waals surface area (Å²) in [4.78, 5) is 2.31. The molecule has 0 amide bonds. The lowest BCUT2D eigenvalue weighted by atomic mass is 9.94. The van der Waals surface area contributed by atoms with Gasteiger partial charge in [-0.1, -0.05) is 91.0 Å². The van der Waals surface area contributed by atoms with Crippen molar-refractivity contribution >= 4 is 71.3 Å². The summed E-state index contributed by atoms with van der Waals surface area (Å²) in [7, 11) is 0. The SMILES string of the molecule is c1ccc(N(c2ccccc2)c2ccc3c(ccc4ccc5ccc6c7ccccc7oc6c5c43)c2)cc1. The predicted octanol–water partition coefficient (Wildman–Crippen LogP) is 10.5. The predicted molar refractivity (Wildman–Crippen MR) is 161 cm³/mol. The van der Waals surface area contributed by atoms with Gasteiger partial charge in [0, 0.05) is 38.6 Å². The number of hydrogen-bond donors (Lipinski definition) is 0. The Bertz CT molecular complexity index is 2090. The third kappa shape index (κ3) is 3.14. The van der Waals surface area contributed by atoms with E-state index in [0.717, 1.165) is 39.0 Å². The molecule has 0 aliphatic carbocycles. The molecule has 0 aliphatic heterocycles. The molecule has 1 heterocycles. The van der Waals surface area contributed by atoms with Crippen LogP contribution >= 0.6 is 0 Å². The lowest BCUT2D eigenvalue weighted by Crippen LogP contribution is -2.09. The Morgan fingerprint density at radius 1 is 0.395 bits per heavy atom. The van der Waals surface area contributed by atoms with Gasteiger partial charge in [-0.3, -0.25) is 0 Å². The molecule has 0 saturated heterocycles. The second-order valence-electron chi connectivity index (χ2n) is 9.78. The van der Waals surface area contributed by atoms with Crippen molar-refractivity contribution in [2.24, 2.45) is 0 Å². The Kier molecular flexibility index (Phi) is 4.55. The maximum atomic E-state index is 6.49. The summed E-state index contributed by atoms with van der Waals surface area (Å²) in [6, 6.07) is 49.5. The average molecular weight is 486 g/mol. The van der Waals surface area contributed by atoms with Crippen LogP contribution in [0.15, 0.2) is 144 Å². The molecule has 0 unspecified atom stereocenters. The Labute approximate surface area is 220 Å². The zero-order valence-corrected chi connectivity index (χ0v) is 20.6. The van der Waals surface area contributed by atoms with Crippen LogP contribution in [0.1, 0.15) is 0 Å². The maximum Gasteiger partial charge on any atom is 0.143 e. The Balaban J connectivity index is 1.43. The van der Waals surface area contributed by atoms with Crippen molar-refractivity contribution in [2.75, 3.05) is 4.90 Å². The summed E-state index contributed by atoms with van der Waals surface area (Å²) in [6.45, 7) is 0. The molecule has 1 aromatic heterocycles. The molecule has 2 nitrogen and oxygen atoms in total. The molecule has 8 rings (SSSR count). The Hall–Kier alpha value is -5.08. The van der Waals surface area contributed by atoms with E-state index in [1.54, 1.807) is 0 Å². The summed E-state index contributed by atoms with van der Waals surface area (Å²) in [5.41, 5.74) is 5.28. The van der Waals surface area contributed by atoms with Gasteiger partial charge in [0.15, 0.2) is 0 Å². The number of rotatable bonds is 3. The van der Waals surface area contributed by atoms with E-state index >= 15 is 0 Å². The molecule has 0 atom stereocenters. The lowest BCUT2D eigenvalue weighted by Gasteiger charge is -2.25. The van der Waals surface area contributed by atoms with Crippen LogP contribution in [0.5, 0.6) is 0 Å². The fourth-order valence-corrected chi connectivity index (χ4v) is 5.87. The quantitative estimate of drug-likeness (QED) is 0.231. The third-order valence-corrected chi connectivity index (χ3v) is 7.59. The lowest BCUT2D eigenvalue weighted by molar-refractivity contribution is 0.673. The molecule has 178 valence electrons. The summed E-state index contributed by atoms with van der Waals surface area (Å²) in [5, 5.41) is 9.57. The van der Waals surface area contributed by atoms with Crippen LogP contribution in [-0.4, -0.2) is 0 Å². The summed E-state index contributed by atoms with van der Waals surface area (Å²) in [5.74, 6) is 0. The first-order valence-electron chi connectivity index (χ1n) is 12.9. The van der Waals surface area contributed by atoms with E-state index in [4.69, 9.17) is 4.42 Å². The first-order chi connectivity index (χ1) is 18.8. The largest absolute Gasteiger partial charge is 0.455 e. The fourth-order valence-electron chi connectivity index (χ4n) is 5.87. The van der Waals surface area contributed by atoms with E-state index in [-0.39, 0.29) is 0 Å². The van der Waals surface area contributed by atoms with Gasteiger partial charge in [-0.2, -0.15) is 0 Å². The summed E-state index contributed by atoms with van der Waals surface area (Å²) >= 11 is 0. The minimum Gasteiger partial charge on any atom is -0.455 e. The van der Waals surface area contributed by atoms with Crippen LogP contribution in [0, 0.1) is 0 Å². The van der Waals surface area contributed by atoms with Crippen molar-refractivity contribution < 1.29 is 4.42 Å². The van der Waals surface area contributed by atoms with Crippen LogP contribution in [0.25, 0.3) is 54.3 Å². The zero-order chi connectivity index (χ0) is 25.1. The first kappa shape index (κ1) is 21.0. The molecule has 0 radical (unpaired) electrons. The zero-order valence-electron chi connectivity index (χ0n) is 20.6. The van der Waals surface area contributed by atoms with Gasteiger partial charge in [-0.15, -0.1) is 0 Å². The van der Waals surface area contributed by atoms with Crippen molar-refractivity contribution in [1.29, 1.82) is 0 Å². The third-order valence-electron chi connectivity index (χ3n) is 7.59.